The number of thiocarbonyl (C=S) groups is 1. The highest BCUT2D eigenvalue weighted by Gasteiger charge is 2.08. The first-order valence-corrected chi connectivity index (χ1v) is 6.97. The fraction of sp³-hybridized carbons (Fsp3) is 0.143. The van der Waals surface area contributed by atoms with Crippen LogP contribution in [0.2, 0.25) is 0 Å². The molecule has 0 spiro atoms. The van der Waals surface area contributed by atoms with E-state index < -0.39 is 0 Å². The molecule has 0 fully saturated rings. The van der Waals surface area contributed by atoms with Gasteiger partial charge in [0.2, 0.25) is 0 Å². The van der Waals surface area contributed by atoms with Crippen molar-refractivity contribution in [1.82, 2.24) is 4.98 Å². The van der Waals surface area contributed by atoms with Gasteiger partial charge < -0.3 is 11.1 Å². The van der Waals surface area contributed by atoms with Crippen LogP contribution in [0, 0.1) is 13.8 Å². The molecule has 0 amide bonds. The van der Waals surface area contributed by atoms with Gasteiger partial charge in [0, 0.05) is 16.4 Å². The van der Waals surface area contributed by atoms with Crippen LogP contribution >= 0.6 is 28.1 Å². The highest BCUT2D eigenvalue weighted by molar-refractivity contribution is 9.10. The molecular weight excluding hydrogens is 322 g/mol. The number of halogens is 1. The summed E-state index contributed by atoms with van der Waals surface area (Å²) in [5.41, 5.74) is 9.73. The van der Waals surface area contributed by atoms with E-state index in [1.54, 1.807) is 6.20 Å². The van der Waals surface area contributed by atoms with Crippen molar-refractivity contribution in [3.8, 4) is 0 Å². The van der Waals surface area contributed by atoms with Crippen LogP contribution in [0.1, 0.15) is 16.7 Å². The lowest BCUT2D eigenvalue weighted by atomic mass is 10.1. The van der Waals surface area contributed by atoms with Crippen molar-refractivity contribution in [2.45, 2.75) is 13.8 Å². The van der Waals surface area contributed by atoms with E-state index in [1.165, 1.54) is 0 Å². The Morgan fingerprint density at radius 3 is 2.53 bits per heavy atom. The second-order valence-corrected chi connectivity index (χ2v) is 5.55. The Labute approximate surface area is 126 Å². The summed E-state index contributed by atoms with van der Waals surface area (Å²) < 4.78 is 1.12. The second kappa shape index (κ2) is 5.67. The van der Waals surface area contributed by atoms with Crippen molar-refractivity contribution in [3.63, 3.8) is 0 Å². The van der Waals surface area contributed by atoms with E-state index in [9.17, 15) is 0 Å². The Kier molecular flexibility index (Phi) is 4.17. The summed E-state index contributed by atoms with van der Waals surface area (Å²) in [7, 11) is 0. The van der Waals surface area contributed by atoms with Gasteiger partial charge in [0.15, 0.2) is 0 Å². The summed E-state index contributed by atoms with van der Waals surface area (Å²) in [5.74, 6) is 0.677. The van der Waals surface area contributed by atoms with Crippen molar-refractivity contribution < 1.29 is 0 Å². The quantitative estimate of drug-likeness (QED) is 0.836. The Bertz CT molecular complexity index is 617. The lowest BCUT2D eigenvalue weighted by Gasteiger charge is -2.12. The molecule has 0 aliphatic rings. The number of nitrogens with zero attached hydrogens (tertiary/aromatic N) is 1. The first kappa shape index (κ1) is 14.0. The van der Waals surface area contributed by atoms with Crippen LogP contribution in [-0.4, -0.2) is 9.97 Å². The normalized spacial score (nSPS) is 10.3. The first-order chi connectivity index (χ1) is 8.99. The van der Waals surface area contributed by atoms with Crippen LogP contribution in [-0.2, 0) is 0 Å². The van der Waals surface area contributed by atoms with Crippen molar-refractivity contribution in [2.75, 3.05) is 5.32 Å². The second-order valence-electron chi connectivity index (χ2n) is 4.31. The molecule has 0 radical (unpaired) electrons. The van der Waals surface area contributed by atoms with E-state index in [-0.39, 0.29) is 0 Å². The minimum atomic E-state index is 0.334. The van der Waals surface area contributed by atoms with Gasteiger partial charge in [-0.05, 0) is 49.2 Å². The summed E-state index contributed by atoms with van der Waals surface area (Å²) in [6.45, 7) is 4.10. The van der Waals surface area contributed by atoms with Gasteiger partial charge in [-0.1, -0.05) is 28.1 Å². The van der Waals surface area contributed by atoms with Gasteiger partial charge >= 0.3 is 0 Å². The number of nitrogens with two attached hydrogens (primary N) is 1. The lowest BCUT2D eigenvalue weighted by Crippen LogP contribution is -2.12. The van der Waals surface area contributed by atoms with Crippen LogP contribution in [0.5, 0.6) is 0 Å². The fourth-order valence-corrected chi connectivity index (χ4v) is 2.25. The van der Waals surface area contributed by atoms with Gasteiger partial charge in [-0.25, -0.2) is 4.98 Å². The number of pyridine rings is 1. The molecule has 0 aliphatic heterocycles. The Morgan fingerprint density at radius 1 is 1.32 bits per heavy atom. The topological polar surface area (TPSA) is 50.9 Å². The summed E-state index contributed by atoms with van der Waals surface area (Å²) in [5, 5.41) is 3.26. The van der Waals surface area contributed by atoms with Crippen LogP contribution in [0.4, 0.5) is 11.5 Å². The number of rotatable bonds is 3. The van der Waals surface area contributed by atoms with E-state index in [0.717, 1.165) is 26.9 Å². The number of hydrogen-bond donors (Lipinski definition) is 2. The highest BCUT2D eigenvalue weighted by Crippen LogP contribution is 2.27. The number of benzene rings is 1. The molecule has 0 atom stereocenters. The van der Waals surface area contributed by atoms with Gasteiger partial charge in [0.05, 0.1) is 5.56 Å². The molecule has 2 rings (SSSR count). The lowest BCUT2D eigenvalue weighted by molar-refractivity contribution is 1.28. The molecule has 1 heterocycles. The molecule has 98 valence electrons. The molecule has 3 N–H and O–H groups in total. The van der Waals surface area contributed by atoms with Gasteiger partial charge in [0.25, 0.3) is 0 Å². The minimum Gasteiger partial charge on any atom is -0.389 e. The third-order valence-corrected chi connectivity index (χ3v) is 4.24. The van der Waals surface area contributed by atoms with E-state index in [2.05, 4.69) is 52.2 Å². The summed E-state index contributed by atoms with van der Waals surface area (Å²) in [6, 6.07) is 7.78. The van der Waals surface area contributed by atoms with Crippen LogP contribution < -0.4 is 11.1 Å². The van der Waals surface area contributed by atoms with Crippen molar-refractivity contribution in [1.29, 1.82) is 0 Å². The molecule has 3 nitrogen and oxygen atoms in total. The summed E-state index contributed by atoms with van der Waals surface area (Å²) >= 11 is 8.58. The zero-order valence-electron chi connectivity index (χ0n) is 10.7. The third kappa shape index (κ3) is 3.11. The predicted molar refractivity (Wildman–Crippen MR) is 87.0 cm³/mol. The number of nitrogens with one attached hydrogen (secondary N) is 1. The molecule has 1 aromatic carbocycles. The van der Waals surface area contributed by atoms with Crippen LogP contribution in [0.15, 0.2) is 34.9 Å². The van der Waals surface area contributed by atoms with Crippen LogP contribution in [0.3, 0.4) is 0 Å². The smallest absolute Gasteiger partial charge is 0.140 e. The van der Waals surface area contributed by atoms with Crippen molar-refractivity contribution in [2.24, 2.45) is 5.73 Å². The molecule has 5 heteroatoms. The molecule has 1 aromatic heterocycles. The highest BCUT2D eigenvalue weighted by atomic mass is 79.9. The summed E-state index contributed by atoms with van der Waals surface area (Å²) in [4.78, 5) is 4.62. The maximum absolute atomic E-state index is 5.70. The van der Waals surface area contributed by atoms with Gasteiger partial charge in [-0.15, -0.1) is 0 Å². The van der Waals surface area contributed by atoms with Crippen LogP contribution in [0.25, 0.3) is 0 Å². The molecule has 2 aromatic rings. The van der Waals surface area contributed by atoms with Gasteiger partial charge in [0.1, 0.15) is 10.8 Å². The van der Waals surface area contributed by atoms with E-state index >= 15 is 0 Å². The van der Waals surface area contributed by atoms with Gasteiger partial charge in [-0.2, -0.15) is 0 Å². The predicted octanol–water partition coefficient (Wildman–Crippen LogP) is 3.84. The van der Waals surface area contributed by atoms with Gasteiger partial charge in [-0.3, -0.25) is 0 Å². The van der Waals surface area contributed by atoms with E-state index in [0.29, 0.717) is 10.8 Å². The SMILES string of the molecule is Cc1cc(Nc2ncccc2C(N)=S)cc(C)c1Br. The van der Waals surface area contributed by atoms with Crippen molar-refractivity contribution >= 4 is 44.6 Å². The number of aromatic nitrogens is 1. The first-order valence-electron chi connectivity index (χ1n) is 5.77. The summed E-state index contributed by atoms with van der Waals surface area (Å²) in [6.07, 6.45) is 1.71. The number of anilines is 2. The molecular formula is C14H14BrN3S. The maximum atomic E-state index is 5.70. The zero-order valence-corrected chi connectivity index (χ0v) is 13.1. The standard InChI is InChI=1S/C14H14BrN3S/c1-8-6-10(7-9(2)12(8)15)18-14-11(13(16)19)4-3-5-17-14/h3-7H,1-2H3,(H2,16,19)(H,17,18). The number of aryl methyl sites for hydroxylation is 2. The minimum absolute atomic E-state index is 0.334. The number of hydrogen-bond acceptors (Lipinski definition) is 3. The monoisotopic (exact) mass is 335 g/mol. The molecule has 0 unspecified atom stereocenters. The molecule has 0 saturated heterocycles. The zero-order chi connectivity index (χ0) is 14.0. The average molecular weight is 336 g/mol. The Hall–Kier alpha value is -1.46. The van der Waals surface area contributed by atoms with Crippen molar-refractivity contribution in [3.05, 3.63) is 51.6 Å². The molecule has 19 heavy (non-hydrogen) atoms. The Morgan fingerprint density at radius 2 is 1.95 bits per heavy atom. The average Bonchev–Trinajstić information content (AvgIpc) is 2.36. The molecule has 0 saturated carbocycles. The third-order valence-electron chi connectivity index (χ3n) is 2.77. The Balaban J connectivity index is 2.39. The maximum Gasteiger partial charge on any atom is 0.140 e. The largest absolute Gasteiger partial charge is 0.389 e. The van der Waals surface area contributed by atoms with E-state index in [1.807, 2.05) is 12.1 Å². The molecule has 0 aliphatic carbocycles. The van der Waals surface area contributed by atoms with E-state index in [4.69, 9.17) is 18.0 Å². The fourth-order valence-electron chi connectivity index (χ4n) is 1.86. The molecule has 0 bridgehead atoms.